The number of rotatable bonds is 10. The van der Waals surface area contributed by atoms with E-state index in [1.807, 2.05) is 0 Å². The maximum absolute atomic E-state index is 5.66. The molecule has 0 saturated carbocycles. The molecule has 0 saturated heterocycles. The highest BCUT2D eigenvalue weighted by Crippen LogP contribution is 1.90. The van der Waals surface area contributed by atoms with E-state index in [1.165, 1.54) is 0 Å². The van der Waals surface area contributed by atoms with E-state index in [0.29, 0.717) is 5.88 Å². The fourth-order valence-corrected chi connectivity index (χ4v) is 1.39. The molecule has 0 aliphatic rings. The van der Waals surface area contributed by atoms with Crippen LogP contribution in [0.5, 0.6) is 0 Å². The van der Waals surface area contributed by atoms with Gasteiger partial charge in [0.2, 0.25) is 0 Å². The van der Waals surface area contributed by atoms with Crippen LogP contribution < -0.4 is 0 Å². The van der Waals surface area contributed by atoms with Crippen molar-refractivity contribution in [3.63, 3.8) is 0 Å². The minimum atomic E-state index is 0.692. The molecule has 0 fully saturated rings. The van der Waals surface area contributed by atoms with E-state index in [2.05, 4.69) is 11.8 Å². The molecule has 0 spiro atoms. The topological polar surface area (TPSA) is 21.7 Å². The Morgan fingerprint density at radius 2 is 1.93 bits per heavy atom. The number of methoxy groups -OCH3 is 1. The molecule has 0 N–H and O–H groups in total. The van der Waals surface area contributed by atoms with Crippen LogP contribution >= 0.6 is 11.6 Å². The van der Waals surface area contributed by atoms with Gasteiger partial charge in [-0.05, 0) is 13.0 Å². The fourth-order valence-electron chi connectivity index (χ4n) is 1.15. The SMILES string of the molecule is CCN(CCCl)CCOCCCOC. The molecule has 0 amide bonds. The Kier molecular flexibility index (Phi) is 11.4. The van der Waals surface area contributed by atoms with E-state index in [-0.39, 0.29) is 0 Å². The van der Waals surface area contributed by atoms with Gasteiger partial charge in [-0.2, -0.15) is 0 Å². The van der Waals surface area contributed by atoms with Crippen molar-refractivity contribution in [2.45, 2.75) is 13.3 Å². The molecule has 0 aromatic carbocycles. The molecule has 0 heterocycles. The van der Waals surface area contributed by atoms with Crippen molar-refractivity contribution in [2.75, 3.05) is 52.4 Å². The first-order chi connectivity index (χ1) is 6.85. The van der Waals surface area contributed by atoms with Crippen molar-refractivity contribution in [1.82, 2.24) is 4.90 Å². The second kappa shape index (κ2) is 11.2. The lowest BCUT2D eigenvalue weighted by Gasteiger charge is -2.18. The van der Waals surface area contributed by atoms with E-state index >= 15 is 0 Å². The first kappa shape index (κ1) is 14.2. The predicted octanol–water partition coefficient (Wildman–Crippen LogP) is 1.60. The number of likely N-dealkylation sites (N-methyl/N-ethyl adjacent to an activating group) is 1. The summed E-state index contributed by atoms with van der Waals surface area (Å²) in [6.07, 6.45) is 0.970. The fraction of sp³-hybridized carbons (Fsp3) is 1.00. The van der Waals surface area contributed by atoms with Gasteiger partial charge in [0.15, 0.2) is 0 Å². The van der Waals surface area contributed by atoms with Crippen LogP contribution in [0.25, 0.3) is 0 Å². The molecular weight excluding hydrogens is 202 g/mol. The monoisotopic (exact) mass is 223 g/mol. The average Bonchev–Trinajstić information content (AvgIpc) is 2.21. The smallest absolute Gasteiger partial charge is 0.0593 e. The van der Waals surface area contributed by atoms with Crippen LogP contribution in [0.4, 0.5) is 0 Å². The maximum Gasteiger partial charge on any atom is 0.0593 e. The number of halogens is 1. The van der Waals surface area contributed by atoms with Crippen molar-refractivity contribution >= 4 is 11.6 Å². The Hall–Kier alpha value is 0.170. The minimum Gasteiger partial charge on any atom is -0.385 e. The third-order valence-corrected chi connectivity index (χ3v) is 2.21. The minimum absolute atomic E-state index is 0.692. The van der Waals surface area contributed by atoms with Crippen molar-refractivity contribution < 1.29 is 9.47 Å². The number of alkyl halides is 1. The van der Waals surface area contributed by atoms with Gasteiger partial charge in [-0.25, -0.2) is 0 Å². The zero-order valence-corrected chi connectivity index (χ0v) is 10.1. The van der Waals surface area contributed by atoms with Crippen molar-refractivity contribution in [3.8, 4) is 0 Å². The lowest BCUT2D eigenvalue weighted by Crippen LogP contribution is -2.29. The van der Waals surface area contributed by atoms with Crippen molar-refractivity contribution in [1.29, 1.82) is 0 Å². The van der Waals surface area contributed by atoms with Crippen LogP contribution in [-0.2, 0) is 9.47 Å². The van der Waals surface area contributed by atoms with Gasteiger partial charge in [0.1, 0.15) is 0 Å². The average molecular weight is 224 g/mol. The normalized spacial score (nSPS) is 11.1. The number of nitrogens with zero attached hydrogens (tertiary/aromatic N) is 1. The highest BCUT2D eigenvalue weighted by Gasteiger charge is 1.99. The summed E-state index contributed by atoms with van der Waals surface area (Å²) in [6, 6.07) is 0. The van der Waals surface area contributed by atoms with Gasteiger partial charge < -0.3 is 14.4 Å². The predicted molar refractivity (Wildman–Crippen MR) is 60.1 cm³/mol. The van der Waals surface area contributed by atoms with Gasteiger partial charge in [-0.3, -0.25) is 0 Å². The molecule has 4 heteroatoms. The van der Waals surface area contributed by atoms with Crippen LogP contribution in [0.15, 0.2) is 0 Å². The lowest BCUT2D eigenvalue weighted by molar-refractivity contribution is 0.0861. The summed E-state index contributed by atoms with van der Waals surface area (Å²) >= 11 is 5.66. The summed E-state index contributed by atoms with van der Waals surface area (Å²) in [6.45, 7) is 7.43. The van der Waals surface area contributed by atoms with Crippen LogP contribution in [0.3, 0.4) is 0 Å². The Labute approximate surface area is 92.3 Å². The number of hydrogen-bond donors (Lipinski definition) is 0. The second-order valence-electron chi connectivity index (χ2n) is 3.08. The highest BCUT2D eigenvalue weighted by molar-refractivity contribution is 6.18. The summed E-state index contributed by atoms with van der Waals surface area (Å²) in [7, 11) is 1.71. The molecule has 0 aromatic heterocycles. The second-order valence-corrected chi connectivity index (χ2v) is 3.46. The van der Waals surface area contributed by atoms with Gasteiger partial charge in [0.25, 0.3) is 0 Å². The van der Waals surface area contributed by atoms with Gasteiger partial charge in [-0.1, -0.05) is 6.92 Å². The largest absolute Gasteiger partial charge is 0.385 e. The zero-order valence-electron chi connectivity index (χ0n) is 9.30. The summed E-state index contributed by atoms with van der Waals surface area (Å²) in [5.74, 6) is 0.692. The molecule has 0 aliphatic carbocycles. The molecule has 0 aromatic rings. The quantitative estimate of drug-likeness (QED) is 0.415. The highest BCUT2D eigenvalue weighted by atomic mass is 35.5. The summed E-state index contributed by atoms with van der Waals surface area (Å²) in [5.41, 5.74) is 0. The summed E-state index contributed by atoms with van der Waals surface area (Å²) < 4.78 is 10.4. The van der Waals surface area contributed by atoms with E-state index in [0.717, 1.165) is 45.9 Å². The van der Waals surface area contributed by atoms with Gasteiger partial charge >= 0.3 is 0 Å². The Morgan fingerprint density at radius 1 is 1.14 bits per heavy atom. The lowest BCUT2D eigenvalue weighted by atomic mass is 10.4. The van der Waals surface area contributed by atoms with Crippen LogP contribution in [0, 0.1) is 0 Å². The molecule has 0 unspecified atom stereocenters. The molecule has 86 valence electrons. The molecule has 0 radical (unpaired) electrons. The molecule has 0 atom stereocenters. The third-order valence-electron chi connectivity index (χ3n) is 2.04. The Balaban J connectivity index is 3.15. The van der Waals surface area contributed by atoms with E-state index in [1.54, 1.807) is 7.11 Å². The number of hydrogen-bond acceptors (Lipinski definition) is 3. The first-order valence-electron chi connectivity index (χ1n) is 5.20. The maximum atomic E-state index is 5.66. The molecule has 3 nitrogen and oxygen atoms in total. The first-order valence-corrected chi connectivity index (χ1v) is 5.73. The van der Waals surface area contributed by atoms with Gasteiger partial charge in [0.05, 0.1) is 6.61 Å². The van der Waals surface area contributed by atoms with E-state index < -0.39 is 0 Å². The molecule has 0 bridgehead atoms. The molecular formula is C10H22ClNO2. The zero-order chi connectivity index (χ0) is 10.6. The van der Waals surface area contributed by atoms with Crippen LogP contribution in [-0.4, -0.2) is 57.3 Å². The van der Waals surface area contributed by atoms with Crippen LogP contribution in [0.2, 0.25) is 0 Å². The Bertz CT molecular complexity index is 114. The van der Waals surface area contributed by atoms with Gasteiger partial charge in [0, 0.05) is 39.3 Å². The van der Waals surface area contributed by atoms with E-state index in [9.17, 15) is 0 Å². The molecule has 0 rings (SSSR count). The number of ether oxygens (including phenoxy) is 2. The van der Waals surface area contributed by atoms with E-state index in [4.69, 9.17) is 21.1 Å². The third kappa shape index (κ3) is 8.75. The standard InChI is InChI=1S/C10H22ClNO2/c1-3-12(6-5-11)7-10-14-9-4-8-13-2/h3-10H2,1-2H3. The summed E-state index contributed by atoms with van der Waals surface area (Å²) in [5, 5.41) is 0. The Morgan fingerprint density at radius 3 is 2.50 bits per heavy atom. The summed E-state index contributed by atoms with van der Waals surface area (Å²) in [4.78, 5) is 2.28. The van der Waals surface area contributed by atoms with Gasteiger partial charge in [-0.15, -0.1) is 11.6 Å². The molecule has 0 aliphatic heterocycles. The van der Waals surface area contributed by atoms with Crippen molar-refractivity contribution in [3.05, 3.63) is 0 Å². The molecule has 14 heavy (non-hydrogen) atoms. The van der Waals surface area contributed by atoms with Crippen molar-refractivity contribution in [2.24, 2.45) is 0 Å². The van der Waals surface area contributed by atoms with Crippen LogP contribution in [0.1, 0.15) is 13.3 Å².